The molecule has 7 heavy (non-hydrogen) atoms. The molecule has 1 heterocycles. The van der Waals surface area contributed by atoms with Crippen LogP contribution in [0.15, 0.2) is 0 Å². The van der Waals surface area contributed by atoms with Gasteiger partial charge in [-0.25, -0.2) is 0 Å². The summed E-state index contributed by atoms with van der Waals surface area (Å²) in [5.41, 5.74) is -0.253. The van der Waals surface area contributed by atoms with E-state index in [-0.39, 0.29) is 17.0 Å². The SMILES string of the molecule is CC1OC(Cl)C1Cl. The molecule has 1 saturated heterocycles. The molecule has 42 valence electrons. The maximum atomic E-state index is 5.59. The van der Waals surface area contributed by atoms with E-state index in [1.54, 1.807) is 0 Å². The Kier molecular flexibility index (Phi) is 1.46. The van der Waals surface area contributed by atoms with Crippen LogP contribution in [0.5, 0.6) is 0 Å². The van der Waals surface area contributed by atoms with Gasteiger partial charge in [0.05, 0.1) is 11.5 Å². The van der Waals surface area contributed by atoms with Crippen molar-refractivity contribution in [2.75, 3.05) is 0 Å². The fraction of sp³-hybridized carbons (Fsp3) is 1.00. The summed E-state index contributed by atoms with van der Waals surface area (Å²) in [5.74, 6) is 0. The normalized spacial score (nSPS) is 51.0. The van der Waals surface area contributed by atoms with Crippen LogP contribution in [-0.4, -0.2) is 17.0 Å². The van der Waals surface area contributed by atoms with E-state index in [0.29, 0.717) is 0 Å². The van der Waals surface area contributed by atoms with Crippen LogP contribution in [0.1, 0.15) is 6.92 Å². The van der Waals surface area contributed by atoms with Crippen molar-refractivity contribution in [3.8, 4) is 0 Å². The largest absolute Gasteiger partial charge is 0.356 e. The minimum absolute atomic E-state index is 0.0154. The Morgan fingerprint density at radius 2 is 2.00 bits per heavy atom. The fourth-order valence-corrected chi connectivity index (χ4v) is 0.965. The number of ether oxygens (including phenoxy) is 1. The third-order valence-corrected chi connectivity index (χ3v) is 2.13. The van der Waals surface area contributed by atoms with E-state index in [4.69, 9.17) is 27.9 Å². The minimum atomic E-state index is -0.253. The van der Waals surface area contributed by atoms with Gasteiger partial charge in [0, 0.05) is 0 Å². The molecular formula is C4H6Cl2O. The quantitative estimate of drug-likeness (QED) is 0.465. The molecule has 0 aliphatic carbocycles. The molecule has 0 spiro atoms. The van der Waals surface area contributed by atoms with Crippen LogP contribution in [0.4, 0.5) is 0 Å². The number of hydrogen-bond donors (Lipinski definition) is 0. The van der Waals surface area contributed by atoms with E-state index in [1.165, 1.54) is 0 Å². The predicted octanol–water partition coefficient (Wildman–Crippen LogP) is 1.58. The zero-order valence-corrected chi connectivity index (χ0v) is 5.41. The van der Waals surface area contributed by atoms with Gasteiger partial charge >= 0.3 is 0 Å². The average Bonchev–Trinajstić information content (AvgIpc) is 1.68. The van der Waals surface area contributed by atoms with Crippen LogP contribution in [0.2, 0.25) is 0 Å². The van der Waals surface area contributed by atoms with Crippen LogP contribution in [0.25, 0.3) is 0 Å². The summed E-state index contributed by atoms with van der Waals surface area (Å²) in [6.07, 6.45) is 0.143. The van der Waals surface area contributed by atoms with E-state index >= 15 is 0 Å². The van der Waals surface area contributed by atoms with Gasteiger partial charge in [-0.1, -0.05) is 11.6 Å². The lowest BCUT2D eigenvalue weighted by atomic mass is 10.2. The molecule has 0 N–H and O–H groups in total. The number of rotatable bonds is 0. The molecular weight excluding hydrogens is 135 g/mol. The fourth-order valence-electron chi connectivity index (χ4n) is 0.479. The van der Waals surface area contributed by atoms with Gasteiger partial charge in [0.2, 0.25) is 0 Å². The minimum Gasteiger partial charge on any atom is -0.356 e. The molecule has 0 aromatic heterocycles. The van der Waals surface area contributed by atoms with Crippen molar-refractivity contribution in [2.45, 2.75) is 24.0 Å². The molecule has 1 rings (SSSR count). The highest BCUT2D eigenvalue weighted by molar-refractivity contribution is 6.30. The third kappa shape index (κ3) is 0.857. The first kappa shape index (κ1) is 5.67. The lowest BCUT2D eigenvalue weighted by molar-refractivity contribution is -0.0599. The highest BCUT2D eigenvalue weighted by atomic mass is 35.5. The molecule has 0 aromatic rings. The molecule has 0 saturated carbocycles. The second-order valence-corrected chi connectivity index (χ2v) is 2.57. The van der Waals surface area contributed by atoms with Crippen molar-refractivity contribution in [3.63, 3.8) is 0 Å². The summed E-state index contributed by atoms with van der Waals surface area (Å²) in [6.45, 7) is 1.90. The summed E-state index contributed by atoms with van der Waals surface area (Å²) >= 11 is 11.0. The molecule has 1 nitrogen and oxygen atoms in total. The van der Waals surface area contributed by atoms with Crippen molar-refractivity contribution < 1.29 is 4.74 Å². The van der Waals surface area contributed by atoms with Crippen LogP contribution in [0, 0.1) is 0 Å². The standard InChI is InChI=1S/C4H6Cl2O/c1-2-3(5)4(6)7-2/h2-4H,1H3. The van der Waals surface area contributed by atoms with Gasteiger partial charge in [0.1, 0.15) is 5.56 Å². The molecule has 0 aromatic carbocycles. The topological polar surface area (TPSA) is 9.23 Å². The Morgan fingerprint density at radius 1 is 1.43 bits per heavy atom. The van der Waals surface area contributed by atoms with Crippen molar-refractivity contribution in [1.29, 1.82) is 0 Å². The Bertz CT molecular complexity index is 68.1. The van der Waals surface area contributed by atoms with Crippen molar-refractivity contribution >= 4 is 23.2 Å². The Hall–Kier alpha value is 0.540. The van der Waals surface area contributed by atoms with Gasteiger partial charge < -0.3 is 4.74 Å². The van der Waals surface area contributed by atoms with Gasteiger partial charge in [0.15, 0.2) is 0 Å². The summed E-state index contributed by atoms with van der Waals surface area (Å²) in [5, 5.41) is 0.0154. The Labute approximate surface area is 52.5 Å². The molecule has 1 aliphatic heterocycles. The molecule has 3 atom stereocenters. The first-order valence-electron chi connectivity index (χ1n) is 2.15. The Balaban J connectivity index is 2.29. The average molecular weight is 141 g/mol. The van der Waals surface area contributed by atoms with E-state index in [9.17, 15) is 0 Å². The summed E-state index contributed by atoms with van der Waals surface area (Å²) < 4.78 is 4.88. The first-order chi connectivity index (χ1) is 3.22. The highest BCUT2D eigenvalue weighted by Gasteiger charge is 2.35. The summed E-state index contributed by atoms with van der Waals surface area (Å²) in [7, 11) is 0. The van der Waals surface area contributed by atoms with E-state index in [0.717, 1.165) is 0 Å². The number of alkyl halides is 2. The zero-order chi connectivity index (χ0) is 5.44. The Morgan fingerprint density at radius 3 is 2.00 bits per heavy atom. The lowest BCUT2D eigenvalue weighted by Gasteiger charge is -2.34. The van der Waals surface area contributed by atoms with E-state index < -0.39 is 0 Å². The van der Waals surface area contributed by atoms with E-state index in [1.807, 2.05) is 6.92 Å². The van der Waals surface area contributed by atoms with Crippen LogP contribution >= 0.6 is 23.2 Å². The molecule has 0 bridgehead atoms. The van der Waals surface area contributed by atoms with Gasteiger partial charge in [0.25, 0.3) is 0 Å². The molecule has 1 aliphatic rings. The maximum Gasteiger partial charge on any atom is 0.150 e. The predicted molar refractivity (Wildman–Crippen MR) is 29.8 cm³/mol. The van der Waals surface area contributed by atoms with Gasteiger partial charge in [-0.05, 0) is 6.92 Å². The first-order valence-corrected chi connectivity index (χ1v) is 3.02. The van der Waals surface area contributed by atoms with Crippen molar-refractivity contribution in [1.82, 2.24) is 0 Å². The number of hydrogen-bond acceptors (Lipinski definition) is 1. The zero-order valence-electron chi connectivity index (χ0n) is 3.90. The monoisotopic (exact) mass is 140 g/mol. The third-order valence-electron chi connectivity index (χ3n) is 1.04. The van der Waals surface area contributed by atoms with E-state index in [2.05, 4.69) is 0 Å². The second-order valence-electron chi connectivity index (χ2n) is 1.64. The molecule has 0 radical (unpaired) electrons. The molecule has 3 heteroatoms. The summed E-state index contributed by atoms with van der Waals surface area (Å²) in [6, 6.07) is 0. The maximum absolute atomic E-state index is 5.59. The smallest absolute Gasteiger partial charge is 0.150 e. The van der Waals surface area contributed by atoms with Crippen LogP contribution in [0.3, 0.4) is 0 Å². The molecule has 1 fully saturated rings. The second kappa shape index (κ2) is 1.81. The molecule has 3 unspecified atom stereocenters. The summed E-state index contributed by atoms with van der Waals surface area (Å²) in [4.78, 5) is 0. The van der Waals surface area contributed by atoms with Crippen molar-refractivity contribution in [2.24, 2.45) is 0 Å². The van der Waals surface area contributed by atoms with Crippen molar-refractivity contribution in [3.05, 3.63) is 0 Å². The molecule has 0 amide bonds. The van der Waals surface area contributed by atoms with Crippen LogP contribution in [-0.2, 0) is 4.74 Å². The van der Waals surface area contributed by atoms with Crippen LogP contribution < -0.4 is 0 Å². The number of halogens is 2. The van der Waals surface area contributed by atoms with Gasteiger partial charge in [-0.15, -0.1) is 11.6 Å². The highest BCUT2D eigenvalue weighted by Crippen LogP contribution is 2.28. The van der Waals surface area contributed by atoms with Gasteiger partial charge in [-0.2, -0.15) is 0 Å². The lowest BCUT2D eigenvalue weighted by Crippen LogP contribution is -2.44. The van der Waals surface area contributed by atoms with Gasteiger partial charge in [-0.3, -0.25) is 0 Å².